The number of nitrogens with zero attached hydrogens (tertiary/aromatic N) is 1. The van der Waals surface area contributed by atoms with E-state index in [1.165, 1.54) is 0 Å². The van der Waals surface area contributed by atoms with Crippen LogP contribution in [0.15, 0.2) is 24.8 Å². The third-order valence-electron chi connectivity index (χ3n) is 4.52. The second-order valence-corrected chi connectivity index (χ2v) is 6.63. The minimum absolute atomic E-state index is 0.0123. The molecular formula is C18H21F5N2O. The van der Waals surface area contributed by atoms with Crippen LogP contribution in [0.2, 0.25) is 0 Å². The second-order valence-electron chi connectivity index (χ2n) is 6.63. The molecule has 1 heterocycles. The Morgan fingerprint density at radius 3 is 2.27 bits per heavy atom. The van der Waals surface area contributed by atoms with E-state index in [4.69, 9.17) is 0 Å². The number of amides is 1. The maximum atomic E-state index is 13.6. The van der Waals surface area contributed by atoms with Crippen LogP contribution < -0.4 is 5.32 Å². The lowest BCUT2D eigenvalue weighted by atomic mass is 9.96. The van der Waals surface area contributed by atoms with E-state index in [9.17, 15) is 26.7 Å². The quantitative estimate of drug-likeness (QED) is 0.595. The first-order valence-corrected chi connectivity index (χ1v) is 8.24. The predicted octanol–water partition coefficient (Wildman–Crippen LogP) is 4.25. The van der Waals surface area contributed by atoms with Gasteiger partial charge in [0.2, 0.25) is 6.41 Å². The van der Waals surface area contributed by atoms with Gasteiger partial charge in [-0.05, 0) is 42.5 Å². The number of rotatable bonds is 6. The zero-order valence-electron chi connectivity index (χ0n) is 14.4. The fourth-order valence-corrected chi connectivity index (χ4v) is 2.85. The van der Waals surface area contributed by atoms with E-state index in [0.29, 0.717) is 32.6 Å². The summed E-state index contributed by atoms with van der Waals surface area (Å²) >= 11 is 0. The summed E-state index contributed by atoms with van der Waals surface area (Å²) in [5.41, 5.74) is -1.68. The van der Waals surface area contributed by atoms with Crippen LogP contribution in [-0.4, -0.2) is 30.9 Å². The average molecular weight is 376 g/mol. The van der Waals surface area contributed by atoms with Crippen molar-refractivity contribution in [1.29, 1.82) is 0 Å². The Labute approximate surface area is 148 Å². The Morgan fingerprint density at radius 1 is 1.19 bits per heavy atom. The van der Waals surface area contributed by atoms with Crippen LogP contribution in [-0.2, 0) is 16.9 Å². The summed E-state index contributed by atoms with van der Waals surface area (Å²) in [5.74, 6) is -3.15. The summed E-state index contributed by atoms with van der Waals surface area (Å²) in [4.78, 5) is 12.3. The Hall–Kier alpha value is -2.12. The molecule has 3 nitrogen and oxygen atoms in total. The normalized spacial score (nSPS) is 16.5. The fraction of sp³-hybridized carbons (Fsp3) is 0.500. The fourth-order valence-electron chi connectivity index (χ4n) is 2.85. The van der Waals surface area contributed by atoms with E-state index in [-0.39, 0.29) is 17.2 Å². The Balaban J connectivity index is 2.11. The highest BCUT2D eigenvalue weighted by Gasteiger charge is 2.34. The number of hydrogen-bond acceptors (Lipinski definition) is 2. The second kappa shape index (κ2) is 7.63. The summed E-state index contributed by atoms with van der Waals surface area (Å²) in [6.45, 7) is 5.96. The van der Waals surface area contributed by atoms with Crippen LogP contribution in [0.1, 0.15) is 36.5 Å². The standard InChI is InChI=1S/C18H21F5N2O/c1-12(24-10-13-3-5-25(11-26)6-4-13)14-7-15(17(2,19)20)9-16(8-14)18(21,22)23/h7-9,11,13,24H,1,3-6,10H2,2H3. The molecule has 8 heteroatoms. The molecule has 1 N–H and O–H groups in total. The summed E-state index contributed by atoms with van der Waals surface area (Å²) in [6.07, 6.45) is -2.41. The molecule has 26 heavy (non-hydrogen) atoms. The van der Waals surface area contributed by atoms with Crippen LogP contribution in [0.5, 0.6) is 0 Å². The van der Waals surface area contributed by atoms with Crippen molar-refractivity contribution in [2.24, 2.45) is 5.92 Å². The molecule has 0 unspecified atom stereocenters. The van der Waals surface area contributed by atoms with Gasteiger partial charge in [0, 0.05) is 37.8 Å². The van der Waals surface area contributed by atoms with Crippen LogP contribution >= 0.6 is 0 Å². The third kappa shape index (κ3) is 5.19. The van der Waals surface area contributed by atoms with Crippen molar-refractivity contribution in [2.45, 2.75) is 31.9 Å². The van der Waals surface area contributed by atoms with Crippen molar-refractivity contribution in [3.63, 3.8) is 0 Å². The van der Waals surface area contributed by atoms with Gasteiger partial charge in [-0.25, -0.2) is 8.78 Å². The lowest BCUT2D eigenvalue weighted by Gasteiger charge is -2.29. The Bertz CT molecular complexity index is 626. The average Bonchev–Trinajstić information content (AvgIpc) is 2.58. The number of hydrogen-bond donors (Lipinski definition) is 1. The van der Waals surface area contributed by atoms with Gasteiger partial charge in [0.1, 0.15) is 0 Å². The van der Waals surface area contributed by atoms with Crippen LogP contribution in [0.25, 0.3) is 5.70 Å². The highest BCUT2D eigenvalue weighted by Crippen LogP contribution is 2.36. The lowest BCUT2D eigenvalue weighted by molar-refractivity contribution is -0.137. The molecule has 1 saturated heterocycles. The van der Waals surface area contributed by atoms with Gasteiger partial charge in [-0.15, -0.1) is 0 Å². The van der Waals surface area contributed by atoms with E-state index >= 15 is 0 Å². The molecule has 0 radical (unpaired) electrons. The molecule has 0 atom stereocenters. The minimum atomic E-state index is -4.72. The van der Waals surface area contributed by atoms with Crippen molar-refractivity contribution < 1.29 is 26.7 Å². The van der Waals surface area contributed by atoms with Gasteiger partial charge in [0.15, 0.2) is 0 Å². The van der Waals surface area contributed by atoms with Crippen molar-refractivity contribution >= 4 is 12.1 Å². The molecule has 1 aliphatic rings. The summed E-state index contributed by atoms with van der Waals surface area (Å²) in [5, 5.41) is 2.95. The van der Waals surface area contributed by atoms with Gasteiger partial charge in [-0.2, -0.15) is 13.2 Å². The smallest absolute Gasteiger partial charge is 0.385 e. The van der Waals surface area contributed by atoms with E-state index in [1.807, 2.05) is 0 Å². The van der Waals surface area contributed by atoms with E-state index < -0.39 is 23.2 Å². The van der Waals surface area contributed by atoms with Crippen molar-refractivity contribution in [2.75, 3.05) is 19.6 Å². The monoisotopic (exact) mass is 376 g/mol. The maximum absolute atomic E-state index is 13.6. The van der Waals surface area contributed by atoms with E-state index in [0.717, 1.165) is 31.4 Å². The first-order valence-electron chi connectivity index (χ1n) is 8.24. The number of likely N-dealkylation sites (tertiary alicyclic amines) is 1. The number of carbonyl (C=O) groups excluding carboxylic acids is 1. The lowest BCUT2D eigenvalue weighted by Crippen LogP contribution is -2.36. The highest BCUT2D eigenvalue weighted by molar-refractivity contribution is 5.63. The number of carbonyl (C=O) groups is 1. The van der Waals surface area contributed by atoms with Gasteiger partial charge in [0.25, 0.3) is 5.92 Å². The molecule has 0 aliphatic carbocycles. The van der Waals surface area contributed by atoms with E-state index in [1.54, 1.807) is 4.90 Å². The molecule has 1 fully saturated rings. The molecule has 1 amide bonds. The first kappa shape index (κ1) is 20.2. The largest absolute Gasteiger partial charge is 0.416 e. The zero-order chi connectivity index (χ0) is 19.5. The number of piperidine rings is 1. The minimum Gasteiger partial charge on any atom is -0.385 e. The third-order valence-corrected chi connectivity index (χ3v) is 4.52. The molecule has 1 aromatic carbocycles. The number of benzene rings is 1. The molecule has 2 rings (SSSR count). The predicted molar refractivity (Wildman–Crippen MR) is 88.4 cm³/mol. The molecule has 0 spiro atoms. The maximum Gasteiger partial charge on any atom is 0.416 e. The molecule has 1 aliphatic heterocycles. The molecule has 0 bridgehead atoms. The molecule has 0 saturated carbocycles. The SMILES string of the molecule is C=C(NCC1CCN(C=O)CC1)c1cc(C(C)(F)F)cc(C(F)(F)F)c1. The zero-order valence-corrected chi connectivity index (χ0v) is 14.4. The van der Waals surface area contributed by atoms with Gasteiger partial charge in [-0.3, -0.25) is 4.79 Å². The van der Waals surface area contributed by atoms with Gasteiger partial charge in [0.05, 0.1) is 5.56 Å². The summed E-state index contributed by atoms with van der Waals surface area (Å²) in [7, 11) is 0. The van der Waals surface area contributed by atoms with Crippen LogP contribution in [0.3, 0.4) is 0 Å². The molecule has 1 aromatic rings. The van der Waals surface area contributed by atoms with Crippen molar-refractivity contribution in [3.8, 4) is 0 Å². The van der Waals surface area contributed by atoms with Gasteiger partial charge >= 0.3 is 6.18 Å². The Morgan fingerprint density at radius 2 is 1.77 bits per heavy atom. The van der Waals surface area contributed by atoms with Crippen LogP contribution in [0.4, 0.5) is 22.0 Å². The Kier molecular flexibility index (Phi) is 5.93. The van der Waals surface area contributed by atoms with Crippen molar-refractivity contribution in [1.82, 2.24) is 10.2 Å². The molecule has 144 valence electrons. The number of nitrogens with one attached hydrogen (secondary N) is 1. The summed E-state index contributed by atoms with van der Waals surface area (Å²) < 4.78 is 66.2. The number of halogens is 5. The summed E-state index contributed by atoms with van der Waals surface area (Å²) in [6, 6.07) is 2.31. The first-order chi connectivity index (χ1) is 12.0. The van der Waals surface area contributed by atoms with Crippen molar-refractivity contribution in [3.05, 3.63) is 41.5 Å². The van der Waals surface area contributed by atoms with E-state index in [2.05, 4.69) is 11.9 Å². The highest BCUT2D eigenvalue weighted by atomic mass is 19.4. The topological polar surface area (TPSA) is 32.3 Å². The van der Waals surface area contributed by atoms with Crippen LogP contribution in [0, 0.1) is 5.92 Å². The van der Waals surface area contributed by atoms with Gasteiger partial charge in [-0.1, -0.05) is 6.58 Å². The molecule has 0 aromatic heterocycles. The van der Waals surface area contributed by atoms with Gasteiger partial charge < -0.3 is 10.2 Å². The number of alkyl halides is 5. The molecular weight excluding hydrogens is 355 g/mol.